The first-order valence-corrected chi connectivity index (χ1v) is 7.80. The second kappa shape index (κ2) is 6.75. The first-order valence-electron chi connectivity index (χ1n) is 6.32. The van der Waals surface area contributed by atoms with Gasteiger partial charge in [-0.05, 0) is 44.5 Å². The third-order valence-corrected chi connectivity index (χ3v) is 4.09. The lowest BCUT2D eigenvalue weighted by Gasteiger charge is -2.10. The lowest BCUT2D eigenvalue weighted by Crippen LogP contribution is -2.30. The van der Waals surface area contributed by atoms with Gasteiger partial charge in [-0.1, -0.05) is 13.3 Å². The molecule has 0 fully saturated rings. The Morgan fingerprint density at radius 1 is 1.17 bits per heavy atom. The molecule has 0 aromatic heterocycles. The van der Waals surface area contributed by atoms with Gasteiger partial charge in [-0.15, -0.1) is 0 Å². The standard InChI is InChI=1S/C13H22N2O2S/c1-4-5-10-14-12-6-8-13(9-7-12)18(16,17)15-11(2)3/h6-9,11,14-15H,4-5,10H2,1-3H3. The normalized spacial score (nSPS) is 11.8. The van der Waals surface area contributed by atoms with Crippen LogP contribution in [-0.2, 0) is 10.0 Å². The Hall–Kier alpha value is -1.07. The van der Waals surface area contributed by atoms with Crippen LogP contribution in [0, 0.1) is 0 Å². The lowest BCUT2D eigenvalue weighted by atomic mass is 10.3. The average Bonchev–Trinajstić information content (AvgIpc) is 2.28. The molecule has 0 amide bonds. The van der Waals surface area contributed by atoms with E-state index in [0.29, 0.717) is 4.90 Å². The van der Waals surface area contributed by atoms with Crippen molar-refractivity contribution >= 4 is 15.7 Å². The van der Waals surface area contributed by atoms with Crippen LogP contribution in [0.5, 0.6) is 0 Å². The Balaban J connectivity index is 2.70. The number of sulfonamides is 1. The number of benzene rings is 1. The molecule has 0 atom stereocenters. The Morgan fingerprint density at radius 2 is 1.78 bits per heavy atom. The molecule has 0 aliphatic heterocycles. The predicted octanol–water partition coefficient (Wildman–Crippen LogP) is 2.59. The smallest absolute Gasteiger partial charge is 0.240 e. The molecule has 1 aromatic carbocycles. The van der Waals surface area contributed by atoms with Crippen LogP contribution in [0.25, 0.3) is 0 Å². The van der Waals surface area contributed by atoms with Crippen LogP contribution in [0.1, 0.15) is 33.6 Å². The van der Waals surface area contributed by atoms with Gasteiger partial charge in [-0.25, -0.2) is 13.1 Å². The summed E-state index contributed by atoms with van der Waals surface area (Å²) >= 11 is 0. The van der Waals surface area contributed by atoms with E-state index in [1.165, 1.54) is 0 Å². The van der Waals surface area contributed by atoms with Crippen molar-refractivity contribution in [2.45, 2.75) is 44.6 Å². The number of anilines is 1. The molecule has 5 heteroatoms. The summed E-state index contributed by atoms with van der Waals surface area (Å²) in [7, 11) is -3.38. The first-order chi connectivity index (χ1) is 8.45. The summed E-state index contributed by atoms with van der Waals surface area (Å²) in [4.78, 5) is 0.303. The molecule has 0 bridgehead atoms. The molecular formula is C13H22N2O2S. The highest BCUT2D eigenvalue weighted by Gasteiger charge is 2.14. The molecule has 1 rings (SSSR count). The summed E-state index contributed by atoms with van der Waals surface area (Å²) in [5, 5.41) is 3.25. The lowest BCUT2D eigenvalue weighted by molar-refractivity contribution is 0.570. The molecule has 0 unspecified atom stereocenters. The highest BCUT2D eigenvalue weighted by molar-refractivity contribution is 7.89. The Kier molecular flexibility index (Phi) is 5.62. The number of unbranched alkanes of at least 4 members (excludes halogenated alkanes) is 1. The van der Waals surface area contributed by atoms with Gasteiger partial charge in [0.15, 0.2) is 0 Å². The van der Waals surface area contributed by atoms with Crippen LogP contribution >= 0.6 is 0 Å². The Morgan fingerprint density at radius 3 is 2.28 bits per heavy atom. The first kappa shape index (κ1) is 15.0. The van der Waals surface area contributed by atoms with Crippen LogP contribution in [-0.4, -0.2) is 21.0 Å². The Labute approximate surface area is 110 Å². The summed E-state index contributed by atoms with van der Waals surface area (Å²) in [6, 6.07) is 6.74. The van der Waals surface area contributed by atoms with Crippen molar-refractivity contribution in [1.82, 2.24) is 4.72 Å². The topological polar surface area (TPSA) is 58.2 Å². The van der Waals surface area contributed by atoms with Crippen molar-refractivity contribution in [3.63, 3.8) is 0 Å². The van der Waals surface area contributed by atoms with Crippen molar-refractivity contribution < 1.29 is 8.42 Å². The fraction of sp³-hybridized carbons (Fsp3) is 0.538. The number of rotatable bonds is 7. The molecule has 0 spiro atoms. The summed E-state index contributed by atoms with van der Waals surface area (Å²) in [6.45, 7) is 6.65. The van der Waals surface area contributed by atoms with E-state index < -0.39 is 10.0 Å². The minimum absolute atomic E-state index is 0.0997. The highest BCUT2D eigenvalue weighted by Crippen LogP contribution is 2.14. The number of hydrogen-bond acceptors (Lipinski definition) is 3. The van der Waals surface area contributed by atoms with Gasteiger partial charge in [-0.3, -0.25) is 0 Å². The van der Waals surface area contributed by atoms with Crippen LogP contribution in [0.2, 0.25) is 0 Å². The average molecular weight is 270 g/mol. The minimum Gasteiger partial charge on any atom is -0.385 e. The molecule has 1 aromatic rings. The van der Waals surface area contributed by atoms with E-state index in [0.717, 1.165) is 25.1 Å². The van der Waals surface area contributed by atoms with Gasteiger partial charge in [0.2, 0.25) is 10.0 Å². The van der Waals surface area contributed by atoms with E-state index in [9.17, 15) is 8.42 Å². The maximum absolute atomic E-state index is 11.9. The maximum atomic E-state index is 11.9. The zero-order valence-electron chi connectivity index (χ0n) is 11.2. The molecule has 4 nitrogen and oxygen atoms in total. The second-order valence-electron chi connectivity index (χ2n) is 4.58. The fourth-order valence-electron chi connectivity index (χ4n) is 1.54. The van der Waals surface area contributed by atoms with Crippen molar-refractivity contribution in [2.75, 3.05) is 11.9 Å². The molecule has 0 aliphatic rings. The SMILES string of the molecule is CCCCNc1ccc(S(=O)(=O)NC(C)C)cc1. The Bertz CT molecular complexity index is 452. The third-order valence-electron chi connectivity index (χ3n) is 2.41. The second-order valence-corrected chi connectivity index (χ2v) is 6.29. The van der Waals surface area contributed by atoms with E-state index in [4.69, 9.17) is 0 Å². The molecule has 0 heterocycles. The number of hydrogen-bond donors (Lipinski definition) is 2. The van der Waals surface area contributed by atoms with Gasteiger partial charge >= 0.3 is 0 Å². The van der Waals surface area contributed by atoms with Crippen molar-refractivity contribution in [1.29, 1.82) is 0 Å². The predicted molar refractivity (Wildman–Crippen MR) is 75.3 cm³/mol. The van der Waals surface area contributed by atoms with Crippen LogP contribution in [0.4, 0.5) is 5.69 Å². The van der Waals surface area contributed by atoms with Crippen molar-refractivity contribution in [3.8, 4) is 0 Å². The minimum atomic E-state index is -3.38. The van der Waals surface area contributed by atoms with Gasteiger partial charge < -0.3 is 5.32 Å². The van der Waals surface area contributed by atoms with Gasteiger partial charge in [0, 0.05) is 18.3 Å². The zero-order valence-corrected chi connectivity index (χ0v) is 12.0. The molecule has 102 valence electrons. The van der Waals surface area contributed by atoms with Gasteiger partial charge in [-0.2, -0.15) is 0 Å². The molecule has 0 aliphatic carbocycles. The maximum Gasteiger partial charge on any atom is 0.240 e. The molecule has 0 saturated heterocycles. The van der Waals surface area contributed by atoms with Crippen LogP contribution in [0.15, 0.2) is 29.2 Å². The quantitative estimate of drug-likeness (QED) is 0.749. The zero-order chi connectivity index (χ0) is 13.6. The molecule has 2 N–H and O–H groups in total. The third kappa shape index (κ3) is 4.66. The van der Waals surface area contributed by atoms with Gasteiger partial charge in [0.05, 0.1) is 4.90 Å². The highest BCUT2D eigenvalue weighted by atomic mass is 32.2. The molecule has 18 heavy (non-hydrogen) atoms. The van der Waals surface area contributed by atoms with Crippen molar-refractivity contribution in [2.24, 2.45) is 0 Å². The summed E-state index contributed by atoms with van der Waals surface area (Å²) < 4.78 is 26.3. The molecular weight excluding hydrogens is 248 g/mol. The van der Waals surface area contributed by atoms with Crippen molar-refractivity contribution in [3.05, 3.63) is 24.3 Å². The van der Waals surface area contributed by atoms with Crippen LogP contribution < -0.4 is 10.0 Å². The van der Waals surface area contributed by atoms with E-state index >= 15 is 0 Å². The number of nitrogens with one attached hydrogen (secondary N) is 2. The molecule has 0 saturated carbocycles. The summed E-state index contributed by atoms with van der Waals surface area (Å²) in [6.07, 6.45) is 2.24. The van der Waals surface area contributed by atoms with Gasteiger partial charge in [0.1, 0.15) is 0 Å². The molecule has 0 radical (unpaired) electrons. The summed E-state index contributed by atoms with van der Waals surface area (Å²) in [5.74, 6) is 0. The van der Waals surface area contributed by atoms with E-state index in [1.807, 2.05) is 0 Å². The monoisotopic (exact) mass is 270 g/mol. The van der Waals surface area contributed by atoms with Crippen LogP contribution in [0.3, 0.4) is 0 Å². The van der Waals surface area contributed by atoms with E-state index in [-0.39, 0.29) is 6.04 Å². The van der Waals surface area contributed by atoms with E-state index in [1.54, 1.807) is 38.1 Å². The van der Waals surface area contributed by atoms with E-state index in [2.05, 4.69) is 17.0 Å². The van der Waals surface area contributed by atoms with Gasteiger partial charge in [0.25, 0.3) is 0 Å². The largest absolute Gasteiger partial charge is 0.385 e. The fourth-order valence-corrected chi connectivity index (χ4v) is 2.79. The summed E-state index contributed by atoms with van der Waals surface area (Å²) in [5.41, 5.74) is 0.951.